The average Bonchev–Trinajstić information content (AvgIpc) is 3.10. The molecule has 0 aliphatic rings. The molecule has 1 amide bonds. The van der Waals surface area contributed by atoms with E-state index in [1.54, 1.807) is 18.3 Å². The van der Waals surface area contributed by atoms with Gasteiger partial charge in [0.25, 0.3) is 5.91 Å². The molecule has 0 aliphatic heterocycles. The Morgan fingerprint density at radius 2 is 2.04 bits per heavy atom. The number of benzene rings is 1. The Hall–Kier alpha value is -1.89. The Bertz CT molecular complexity index is 574. The maximum atomic E-state index is 12.2. The Balaban J connectivity index is 1.85. The zero-order valence-corrected chi connectivity index (χ0v) is 13.8. The summed E-state index contributed by atoms with van der Waals surface area (Å²) in [5, 5.41) is 13.7. The van der Waals surface area contributed by atoms with E-state index in [2.05, 4.69) is 5.32 Å². The number of carbonyl (C=O) groups is 1. The topological polar surface area (TPSA) is 67.8 Å². The predicted molar refractivity (Wildman–Crippen MR) is 89.6 cm³/mol. The summed E-state index contributed by atoms with van der Waals surface area (Å²) in [5.41, 5.74) is 0. The highest BCUT2D eigenvalue weighted by atomic mass is 32.1. The van der Waals surface area contributed by atoms with E-state index in [4.69, 9.17) is 14.6 Å². The third kappa shape index (κ3) is 5.67. The van der Waals surface area contributed by atoms with E-state index in [-0.39, 0.29) is 25.2 Å². The monoisotopic (exact) mass is 335 g/mol. The molecule has 2 rings (SSSR count). The highest BCUT2D eigenvalue weighted by molar-refractivity contribution is 7.10. The van der Waals surface area contributed by atoms with Crippen LogP contribution in [0.4, 0.5) is 0 Å². The van der Waals surface area contributed by atoms with Gasteiger partial charge >= 0.3 is 0 Å². The van der Waals surface area contributed by atoms with Crippen molar-refractivity contribution in [2.45, 2.75) is 19.1 Å². The van der Waals surface area contributed by atoms with Crippen LogP contribution in [0.2, 0.25) is 0 Å². The van der Waals surface area contributed by atoms with Crippen molar-refractivity contribution in [2.75, 3.05) is 19.8 Å². The van der Waals surface area contributed by atoms with Crippen LogP contribution in [0.3, 0.4) is 0 Å². The smallest absolute Gasteiger partial charge is 0.260 e. The first-order valence-corrected chi connectivity index (χ1v) is 8.34. The average molecular weight is 335 g/mol. The molecule has 6 heteroatoms. The normalized spacial score (nSPS) is 13.3. The van der Waals surface area contributed by atoms with E-state index in [9.17, 15) is 4.79 Å². The highest BCUT2D eigenvalue weighted by Gasteiger charge is 2.18. The maximum Gasteiger partial charge on any atom is 0.260 e. The number of aliphatic hydroxyl groups excluding tert-OH is 1. The second kappa shape index (κ2) is 9.29. The fourth-order valence-corrected chi connectivity index (χ4v) is 2.78. The van der Waals surface area contributed by atoms with Crippen LogP contribution in [0.5, 0.6) is 5.75 Å². The fourth-order valence-electron chi connectivity index (χ4n) is 2.00. The summed E-state index contributed by atoms with van der Waals surface area (Å²) < 4.78 is 11.2. The first-order valence-electron chi connectivity index (χ1n) is 7.46. The largest absolute Gasteiger partial charge is 0.481 e. The molecule has 2 atom stereocenters. The molecule has 1 aromatic heterocycles. The summed E-state index contributed by atoms with van der Waals surface area (Å²) in [4.78, 5) is 13.2. The van der Waals surface area contributed by atoms with E-state index in [0.717, 1.165) is 4.88 Å². The molecule has 0 spiro atoms. The summed E-state index contributed by atoms with van der Waals surface area (Å²) in [6.45, 7) is 2.22. The van der Waals surface area contributed by atoms with Gasteiger partial charge in [0.1, 0.15) is 11.9 Å². The van der Waals surface area contributed by atoms with E-state index in [1.165, 1.54) is 0 Å². The summed E-state index contributed by atoms with van der Waals surface area (Å²) in [6, 6.07) is 13.1. The number of amides is 1. The van der Waals surface area contributed by atoms with Gasteiger partial charge in [-0.2, -0.15) is 0 Å². The third-order valence-corrected chi connectivity index (χ3v) is 4.12. The van der Waals surface area contributed by atoms with E-state index < -0.39 is 6.10 Å². The van der Waals surface area contributed by atoms with Gasteiger partial charge in [-0.25, -0.2) is 0 Å². The standard InChI is InChI=1S/C17H21NO4S/c1-13(22-14-6-3-2-4-7-14)17(20)18-12-15(21-10-9-19)16-8-5-11-23-16/h2-8,11,13,15,19H,9-10,12H2,1H3,(H,18,20). The van der Waals surface area contributed by atoms with Crippen LogP contribution in [-0.4, -0.2) is 36.9 Å². The Kier molecular flexibility index (Phi) is 7.06. The SMILES string of the molecule is CC(Oc1ccccc1)C(=O)NCC(OCCO)c1cccs1. The molecule has 2 N–H and O–H groups in total. The van der Waals surface area contributed by atoms with Gasteiger partial charge in [-0.1, -0.05) is 24.3 Å². The van der Waals surface area contributed by atoms with Gasteiger partial charge in [0.05, 0.1) is 13.2 Å². The minimum atomic E-state index is -0.598. The van der Waals surface area contributed by atoms with Crippen LogP contribution >= 0.6 is 11.3 Å². The lowest BCUT2D eigenvalue weighted by molar-refractivity contribution is -0.128. The van der Waals surface area contributed by atoms with Crippen LogP contribution in [0.25, 0.3) is 0 Å². The number of hydrogen-bond donors (Lipinski definition) is 2. The molecule has 0 radical (unpaired) electrons. The molecule has 0 fully saturated rings. The lowest BCUT2D eigenvalue weighted by atomic mass is 10.2. The molecule has 23 heavy (non-hydrogen) atoms. The molecule has 0 saturated heterocycles. The number of para-hydroxylation sites is 1. The minimum Gasteiger partial charge on any atom is -0.481 e. The van der Waals surface area contributed by atoms with Crippen molar-refractivity contribution in [1.29, 1.82) is 0 Å². The molecule has 1 heterocycles. The van der Waals surface area contributed by atoms with Crippen LogP contribution in [0, 0.1) is 0 Å². The molecule has 2 unspecified atom stereocenters. The first-order chi connectivity index (χ1) is 11.2. The number of carbonyl (C=O) groups excluding carboxylic acids is 1. The van der Waals surface area contributed by atoms with Gasteiger partial charge in [-0.3, -0.25) is 4.79 Å². The molecule has 5 nitrogen and oxygen atoms in total. The van der Waals surface area contributed by atoms with Crippen LogP contribution in [-0.2, 0) is 9.53 Å². The summed E-state index contributed by atoms with van der Waals surface area (Å²) in [7, 11) is 0. The van der Waals surface area contributed by atoms with Gasteiger partial charge in [0.15, 0.2) is 6.10 Å². The number of ether oxygens (including phenoxy) is 2. The lowest BCUT2D eigenvalue weighted by Gasteiger charge is -2.19. The van der Waals surface area contributed by atoms with Crippen molar-refractivity contribution in [3.8, 4) is 5.75 Å². The molecule has 0 saturated carbocycles. The van der Waals surface area contributed by atoms with Crippen molar-refractivity contribution in [2.24, 2.45) is 0 Å². The first kappa shape index (κ1) is 17.5. The molecule has 2 aromatic rings. The molecule has 124 valence electrons. The second-order valence-corrected chi connectivity index (χ2v) is 5.90. The van der Waals surface area contributed by atoms with E-state index in [0.29, 0.717) is 12.3 Å². The van der Waals surface area contributed by atoms with Crippen molar-refractivity contribution in [3.63, 3.8) is 0 Å². The third-order valence-electron chi connectivity index (χ3n) is 3.16. The predicted octanol–water partition coefficient (Wildman–Crippen LogP) is 2.38. The Morgan fingerprint density at radius 1 is 1.26 bits per heavy atom. The van der Waals surface area contributed by atoms with Gasteiger partial charge in [-0.15, -0.1) is 11.3 Å². The minimum absolute atomic E-state index is 0.0522. The van der Waals surface area contributed by atoms with Crippen molar-refractivity contribution >= 4 is 17.2 Å². The lowest BCUT2D eigenvalue weighted by Crippen LogP contribution is -2.38. The number of thiophene rings is 1. The highest BCUT2D eigenvalue weighted by Crippen LogP contribution is 2.21. The molecule has 1 aromatic carbocycles. The van der Waals surface area contributed by atoms with Gasteiger partial charge in [-0.05, 0) is 30.5 Å². The summed E-state index contributed by atoms with van der Waals surface area (Å²) in [6.07, 6.45) is -0.866. The van der Waals surface area contributed by atoms with Gasteiger partial charge in [0, 0.05) is 11.4 Å². The number of aliphatic hydroxyl groups is 1. The molecular weight excluding hydrogens is 314 g/mol. The number of hydrogen-bond acceptors (Lipinski definition) is 5. The second-order valence-electron chi connectivity index (χ2n) is 4.92. The van der Waals surface area contributed by atoms with Crippen molar-refractivity contribution in [3.05, 3.63) is 52.7 Å². The van der Waals surface area contributed by atoms with Crippen LogP contribution < -0.4 is 10.1 Å². The molecular formula is C17H21NO4S. The Labute approximate surface area is 139 Å². The quantitative estimate of drug-likeness (QED) is 0.738. The van der Waals surface area contributed by atoms with E-state index in [1.807, 2.05) is 47.8 Å². The zero-order chi connectivity index (χ0) is 16.5. The Morgan fingerprint density at radius 3 is 2.70 bits per heavy atom. The maximum absolute atomic E-state index is 12.2. The van der Waals surface area contributed by atoms with Crippen molar-refractivity contribution in [1.82, 2.24) is 5.32 Å². The summed E-state index contributed by atoms with van der Waals surface area (Å²) >= 11 is 1.55. The van der Waals surface area contributed by atoms with Gasteiger partial charge < -0.3 is 19.9 Å². The zero-order valence-electron chi connectivity index (χ0n) is 13.0. The number of nitrogens with one attached hydrogen (secondary N) is 1. The van der Waals surface area contributed by atoms with Crippen LogP contribution in [0.15, 0.2) is 47.8 Å². The summed E-state index contributed by atoms with van der Waals surface area (Å²) in [5.74, 6) is 0.449. The van der Waals surface area contributed by atoms with E-state index >= 15 is 0 Å². The fraction of sp³-hybridized carbons (Fsp3) is 0.353. The van der Waals surface area contributed by atoms with Crippen molar-refractivity contribution < 1.29 is 19.4 Å². The molecule has 0 aliphatic carbocycles. The van der Waals surface area contributed by atoms with Crippen LogP contribution in [0.1, 0.15) is 17.9 Å². The van der Waals surface area contributed by atoms with Gasteiger partial charge in [0.2, 0.25) is 0 Å². The number of rotatable bonds is 9. The molecule has 0 bridgehead atoms.